The third-order valence-corrected chi connectivity index (χ3v) is 4.29. The van der Waals surface area contributed by atoms with E-state index in [0.29, 0.717) is 23.5 Å². The van der Waals surface area contributed by atoms with E-state index in [1.807, 2.05) is 12.1 Å². The van der Waals surface area contributed by atoms with Crippen molar-refractivity contribution in [2.45, 2.75) is 26.1 Å². The number of aromatic nitrogens is 3. The van der Waals surface area contributed by atoms with Gasteiger partial charge in [0.15, 0.2) is 5.82 Å². The molecule has 150 valence electrons. The Balaban J connectivity index is 1.58. The smallest absolute Gasteiger partial charge is 0.306 e. The average molecular weight is 400 g/mol. The molecular formula is C21H19F3N4O. The van der Waals surface area contributed by atoms with Crippen molar-refractivity contribution >= 4 is 17.3 Å². The molecule has 1 aromatic carbocycles. The van der Waals surface area contributed by atoms with Crippen LogP contribution in [0.4, 0.5) is 19.0 Å². The molecule has 0 unspecified atom stereocenters. The van der Waals surface area contributed by atoms with Crippen LogP contribution in [0, 0.1) is 0 Å². The summed E-state index contributed by atoms with van der Waals surface area (Å²) in [6.07, 6.45) is 2.96. The van der Waals surface area contributed by atoms with Crippen molar-refractivity contribution in [2.75, 3.05) is 5.32 Å². The molecule has 0 aliphatic heterocycles. The molecule has 5 nitrogen and oxygen atoms in total. The van der Waals surface area contributed by atoms with E-state index in [-0.39, 0.29) is 0 Å². The van der Waals surface area contributed by atoms with Crippen molar-refractivity contribution in [1.82, 2.24) is 14.8 Å². The standard InChI is InChI=1S/C21H19F3N4O/c1-15(17-2-4-18(5-3-17)21(22,23)24)14-20(29)26-19-9-13-28(27-19)12-8-16-6-10-25-11-7-16/h2-7,9-11,13-14H,8,12H2,1H3,(H,26,27,29)/b15-14-. The minimum absolute atomic E-state index is 0.401. The zero-order chi connectivity index (χ0) is 20.9. The van der Waals surface area contributed by atoms with Gasteiger partial charge in [-0.3, -0.25) is 14.5 Å². The molecule has 0 atom stereocenters. The Kier molecular flexibility index (Phi) is 6.11. The monoisotopic (exact) mass is 400 g/mol. The highest BCUT2D eigenvalue weighted by atomic mass is 19.4. The van der Waals surface area contributed by atoms with E-state index in [1.165, 1.54) is 18.2 Å². The number of pyridine rings is 1. The van der Waals surface area contributed by atoms with Gasteiger partial charge in [0.25, 0.3) is 0 Å². The van der Waals surface area contributed by atoms with Gasteiger partial charge in [-0.15, -0.1) is 0 Å². The Morgan fingerprint density at radius 1 is 1.10 bits per heavy atom. The SMILES string of the molecule is C/C(=C/C(=O)Nc1ccn(CCc2ccncc2)n1)c1ccc(C(F)(F)F)cc1. The number of nitrogens with one attached hydrogen (secondary N) is 1. The van der Waals surface area contributed by atoms with Crippen LogP contribution in [-0.2, 0) is 23.9 Å². The van der Waals surface area contributed by atoms with Gasteiger partial charge < -0.3 is 5.32 Å². The zero-order valence-electron chi connectivity index (χ0n) is 15.6. The highest BCUT2D eigenvalue weighted by Crippen LogP contribution is 2.30. The fourth-order valence-corrected chi connectivity index (χ4v) is 2.71. The van der Waals surface area contributed by atoms with Gasteiger partial charge in [-0.05, 0) is 54.3 Å². The Bertz CT molecular complexity index is 993. The lowest BCUT2D eigenvalue weighted by Gasteiger charge is -2.08. The molecule has 1 amide bonds. The number of hydrogen-bond donors (Lipinski definition) is 1. The molecule has 2 aromatic heterocycles. The van der Waals surface area contributed by atoms with Crippen LogP contribution in [0.2, 0.25) is 0 Å². The van der Waals surface area contributed by atoms with E-state index in [4.69, 9.17) is 0 Å². The van der Waals surface area contributed by atoms with Crippen LogP contribution in [-0.4, -0.2) is 20.7 Å². The Morgan fingerprint density at radius 3 is 2.45 bits per heavy atom. The molecule has 0 saturated carbocycles. The maximum Gasteiger partial charge on any atom is 0.416 e. The first-order chi connectivity index (χ1) is 13.8. The second kappa shape index (κ2) is 8.72. The number of allylic oxidation sites excluding steroid dienone is 1. The lowest BCUT2D eigenvalue weighted by molar-refractivity contribution is -0.137. The molecule has 3 rings (SSSR count). The molecule has 0 radical (unpaired) electrons. The highest BCUT2D eigenvalue weighted by Gasteiger charge is 2.29. The molecule has 3 aromatic rings. The van der Waals surface area contributed by atoms with Crippen LogP contribution >= 0.6 is 0 Å². The average Bonchev–Trinajstić information content (AvgIpc) is 3.13. The minimum atomic E-state index is -4.39. The van der Waals surface area contributed by atoms with Gasteiger partial charge in [0, 0.05) is 37.3 Å². The number of benzene rings is 1. The van der Waals surface area contributed by atoms with Crippen LogP contribution in [0.5, 0.6) is 0 Å². The first-order valence-corrected chi connectivity index (χ1v) is 8.90. The van der Waals surface area contributed by atoms with Crippen molar-refractivity contribution in [1.29, 1.82) is 0 Å². The maximum absolute atomic E-state index is 12.6. The summed E-state index contributed by atoms with van der Waals surface area (Å²) in [5.41, 5.74) is 1.50. The Hall–Kier alpha value is -3.42. The number of aryl methyl sites for hydroxylation is 2. The summed E-state index contributed by atoms with van der Waals surface area (Å²) in [6.45, 7) is 2.32. The molecule has 0 aliphatic rings. The largest absolute Gasteiger partial charge is 0.416 e. The third kappa shape index (κ3) is 5.78. The molecule has 0 aliphatic carbocycles. The fraction of sp³-hybridized carbons (Fsp3) is 0.190. The predicted molar refractivity (Wildman–Crippen MR) is 104 cm³/mol. The summed E-state index contributed by atoms with van der Waals surface area (Å²) in [4.78, 5) is 16.2. The van der Waals surface area contributed by atoms with Crippen molar-refractivity contribution in [2.24, 2.45) is 0 Å². The molecule has 29 heavy (non-hydrogen) atoms. The summed E-state index contributed by atoms with van der Waals surface area (Å²) in [5, 5.41) is 6.96. The van der Waals surface area contributed by atoms with E-state index in [0.717, 1.165) is 24.1 Å². The quantitative estimate of drug-likeness (QED) is 0.616. The van der Waals surface area contributed by atoms with E-state index in [1.54, 1.807) is 36.3 Å². The number of halogens is 3. The number of hydrogen-bond acceptors (Lipinski definition) is 3. The number of nitrogens with zero attached hydrogens (tertiary/aromatic N) is 3. The molecule has 0 bridgehead atoms. The van der Waals surface area contributed by atoms with Crippen LogP contribution in [0.3, 0.4) is 0 Å². The lowest BCUT2D eigenvalue weighted by atomic mass is 10.0. The van der Waals surface area contributed by atoms with Crippen LogP contribution in [0.1, 0.15) is 23.6 Å². The second-order valence-corrected chi connectivity index (χ2v) is 6.46. The second-order valence-electron chi connectivity index (χ2n) is 6.46. The molecule has 8 heteroatoms. The summed E-state index contributed by atoms with van der Waals surface area (Å²) in [5.74, 6) is 0.00276. The van der Waals surface area contributed by atoms with E-state index in [2.05, 4.69) is 15.4 Å². The van der Waals surface area contributed by atoms with Gasteiger partial charge in [-0.1, -0.05) is 12.1 Å². The Labute approximate surface area is 165 Å². The summed E-state index contributed by atoms with van der Waals surface area (Å²) in [7, 11) is 0. The molecule has 2 heterocycles. The maximum atomic E-state index is 12.6. The zero-order valence-corrected chi connectivity index (χ0v) is 15.6. The van der Waals surface area contributed by atoms with Crippen molar-refractivity contribution in [3.63, 3.8) is 0 Å². The van der Waals surface area contributed by atoms with Gasteiger partial charge in [-0.2, -0.15) is 18.3 Å². The molecular weight excluding hydrogens is 381 g/mol. The van der Waals surface area contributed by atoms with Crippen molar-refractivity contribution in [3.05, 3.63) is 83.8 Å². The van der Waals surface area contributed by atoms with E-state index < -0.39 is 17.6 Å². The number of amides is 1. The van der Waals surface area contributed by atoms with Crippen LogP contribution in [0.15, 0.2) is 67.1 Å². The lowest BCUT2D eigenvalue weighted by Crippen LogP contribution is -2.10. The van der Waals surface area contributed by atoms with E-state index in [9.17, 15) is 18.0 Å². The van der Waals surface area contributed by atoms with Crippen LogP contribution < -0.4 is 5.32 Å². The summed E-state index contributed by atoms with van der Waals surface area (Å²) >= 11 is 0. The van der Waals surface area contributed by atoms with Gasteiger partial charge in [-0.25, -0.2) is 0 Å². The topological polar surface area (TPSA) is 59.8 Å². The summed E-state index contributed by atoms with van der Waals surface area (Å²) in [6, 6.07) is 10.2. The number of carbonyl (C=O) groups excluding carboxylic acids is 1. The Morgan fingerprint density at radius 2 is 1.79 bits per heavy atom. The molecule has 0 saturated heterocycles. The number of anilines is 1. The third-order valence-electron chi connectivity index (χ3n) is 4.29. The number of carbonyl (C=O) groups is 1. The van der Waals surface area contributed by atoms with Crippen molar-refractivity contribution in [3.8, 4) is 0 Å². The van der Waals surface area contributed by atoms with E-state index >= 15 is 0 Å². The normalized spacial score (nSPS) is 12.1. The molecule has 0 fully saturated rings. The highest BCUT2D eigenvalue weighted by molar-refractivity contribution is 6.03. The van der Waals surface area contributed by atoms with Gasteiger partial charge in [0.05, 0.1) is 5.56 Å². The number of alkyl halides is 3. The minimum Gasteiger partial charge on any atom is -0.306 e. The first kappa shape index (κ1) is 20.3. The predicted octanol–water partition coefficient (Wildman–Crippen LogP) is 4.58. The first-order valence-electron chi connectivity index (χ1n) is 8.90. The van der Waals surface area contributed by atoms with Gasteiger partial charge >= 0.3 is 6.18 Å². The van der Waals surface area contributed by atoms with Gasteiger partial charge in [0.2, 0.25) is 5.91 Å². The van der Waals surface area contributed by atoms with Crippen molar-refractivity contribution < 1.29 is 18.0 Å². The molecule has 1 N–H and O–H groups in total. The summed E-state index contributed by atoms with van der Waals surface area (Å²) < 4.78 is 39.6. The number of rotatable bonds is 6. The molecule has 0 spiro atoms. The van der Waals surface area contributed by atoms with Crippen LogP contribution in [0.25, 0.3) is 5.57 Å². The van der Waals surface area contributed by atoms with Gasteiger partial charge in [0.1, 0.15) is 0 Å². The fourth-order valence-electron chi connectivity index (χ4n) is 2.71.